The lowest BCUT2D eigenvalue weighted by Gasteiger charge is -2.19. The number of benzene rings is 2. The van der Waals surface area contributed by atoms with Gasteiger partial charge < -0.3 is 14.5 Å². The molecular weight excluding hydrogens is 290 g/mol. The van der Waals surface area contributed by atoms with E-state index in [1.165, 1.54) is 0 Å². The molecule has 0 bridgehead atoms. The molecule has 1 aliphatic heterocycles. The number of ketones is 1. The van der Waals surface area contributed by atoms with Gasteiger partial charge in [-0.25, -0.2) is 0 Å². The summed E-state index contributed by atoms with van der Waals surface area (Å²) in [4.78, 5) is 15.9. The lowest BCUT2D eigenvalue weighted by Crippen LogP contribution is -2.19. The molecule has 0 saturated carbocycles. The van der Waals surface area contributed by atoms with Gasteiger partial charge in [0, 0.05) is 28.2 Å². The van der Waals surface area contributed by atoms with Gasteiger partial charge in [-0.2, -0.15) is 0 Å². The Morgan fingerprint density at radius 3 is 2.96 bits per heavy atom. The summed E-state index contributed by atoms with van der Waals surface area (Å²) >= 11 is 0. The molecule has 3 aromatic rings. The number of aromatic amines is 1. The molecule has 0 aliphatic carbocycles. The summed E-state index contributed by atoms with van der Waals surface area (Å²) < 4.78 is 10.9. The quantitative estimate of drug-likeness (QED) is 0.732. The van der Waals surface area contributed by atoms with E-state index in [2.05, 4.69) is 4.98 Å². The van der Waals surface area contributed by atoms with E-state index in [1.54, 1.807) is 25.3 Å². The third kappa shape index (κ3) is 2.28. The molecule has 1 N–H and O–H groups in total. The number of para-hydroxylation sites is 1. The number of Topliss-reactive ketones (excluding diaryl/α,β-unsaturated/α-hetero) is 1. The molecular formula is C19H15NO3. The maximum atomic E-state index is 12.7. The normalized spacial score (nSPS) is 15.5. The average Bonchev–Trinajstić information content (AvgIpc) is 3.00. The van der Waals surface area contributed by atoms with Gasteiger partial charge in [0.25, 0.3) is 0 Å². The van der Waals surface area contributed by atoms with Crippen LogP contribution in [0.15, 0.2) is 54.2 Å². The number of fused-ring (bicyclic) bond motifs is 2. The van der Waals surface area contributed by atoms with Crippen LogP contribution in [0.1, 0.15) is 15.9 Å². The zero-order chi connectivity index (χ0) is 15.8. The van der Waals surface area contributed by atoms with Crippen LogP contribution in [0.5, 0.6) is 11.5 Å². The van der Waals surface area contributed by atoms with Crippen molar-refractivity contribution in [3.8, 4) is 11.5 Å². The number of H-pyrrole nitrogens is 1. The summed E-state index contributed by atoms with van der Waals surface area (Å²) in [5, 5.41) is 1.09. The first kappa shape index (κ1) is 13.6. The molecule has 0 unspecified atom stereocenters. The van der Waals surface area contributed by atoms with E-state index in [0.717, 1.165) is 16.5 Å². The predicted octanol–water partition coefficient (Wildman–Crippen LogP) is 3.84. The van der Waals surface area contributed by atoms with Crippen LogP contribution in [0.3, 0.4) is 0 Å². The zero-order valence-electron chi connectivity index (χ0n) is 12.6. The second kappa shape index (κ2) is 5.32. The second-order valence-corrected chi connectivity index (χ2v) is 5.44. The highest BCUT2D eigenvalue weighted by molar-refractivity contribution is 6.14. The van der Waals surface area contributed by atoms with E-state index in [0.29, 0.717) is 22.6 Å². The Bertz CT molecular complexity index is 937. The van der Waals surface area contributed by atoms with E-state index in [-0.39, 0.29) is 12.4 Å². The van der Waals surface area contributed by atoms with Crippen molar-refractivity contribution < 1.29 is 14.3 Å². The van der Waals surface area contributed by atoms with Crippen molar-refractivity contribution in [2.45, 2.75) is 0 Å². The predicted molar refractivity (Wildman–Crippen MR) is 89.1 cm³/mol. The van der Waals surface area contributed by atoms with Gasteiger partial charge in [-0.3, -0.25) is 4.79 Å². The molecule has 2 heterocycles. The first-order valence-corrected chi connectivity index (χ1v) is 7.38. The summed E-state index contributed by atoms with van der Waals surface area (Å²) in [5.41, 5.74) is 3.21. The van der Waals surface area contributed by atoms with Gasteiger partial charge in [0.15, 0.2) is 5.78 Å². The van der Waals surface area contributed by atoms with E-state index in [4.69, 9.17) is 9.47 Å². The molecule has 1 aromatic heterocycles. The van der Waals surface area contributed by atoms with Gasteiger partial charge in [0.05, 0.1) is 12.7 Å². The largest absolute Gasteiger partial charge is 0.497 e. The van der Waals surface area contributed by atoms with Gasteiger partial charge in [0.2, 0.25) is 0 Å². The van der Waals surface area contributed by atoms with Gasteiger partial charge in [-0.15, -0.1) is 0 Å². The average molecular weight is 305 g/mol. The fourth-order valence-electron chi connectivity index (χ4n) is 2.84. The molecule has 0 fully saturated rings. The Morgan fingerprint density at radius 2 is 2.09 bits per heavy atom. The van der Waals surface area contributed by atoms with Gasteiger partial charge >= 0.3 is 0 Å². The summed E-state index contributed by atoms with van der Waals surface area (Å²) in [6.45, 7) is 0.275. The van der Waals surface area contributed by atoms with Crippen LogP contribution < -0.4 is 9.47 Å². The van der Waals surface area contributed by atoms with Crippen molar-refractivity contribution in [3.63, 3.8) is 0 Å². The number of rotatable bonds is 2. The summed E-state index contributed by atoms with van der Waals surface area (Å²) in [5.74, 6) is 1.23. The van der Waals surface area contributed by atoms with Crippen LogP contribution in [0.25, 0.3) is 17.0 Å². The number of nitrogens with one attached hydrogen (secondary N) is 1. The van der Waals surface area contributed by atoms with Crippen molar-refractivity contribution in [1.29, 1.82) is 0 Å². The molecule has 0 amide bonds. The zero-order valence-corrected chi connectivity index (χ0v) is 12.6. The van der Waals surface area contributed by atoms with Crippen molar-refractivity contribution >= 4 is 22.8 Å². The SMILES string of the molecule is COc1ccc2c(c1)C(=O)/C(=C\c1c[nH]c3ccccc13)CO2. The monoisotopic (exact) mass is 305 g/mol. The summed E-state index contributed by atoms with van der Waals surface area (Å²) in [7, 11) is 1.58. The molecule has 114 valence electrons. The molecule has 4 nitrogen and oxygen atoms in total. The Labute approximate surface area is 133 Å². The lowest BCUT2D eigenvalue weighted by atomic mass is 9.98. The number of carbonyl (C=O) groups is 1. The maximum absolute atomic E-state index is 12.7. The lowest BCUT2D eigenvalue weighted by molar-refractivity contribution is 0.100. The minimum absolute atomic E-state index is 0.0181. The molecule has 0 radical (unpaired) electrons. The Hall–Kier alpha value is -3.01. The second-order valence-electron chi connectivity index (χ2n) is 5.44. The van der Waals surface area contributed by atoms with Gasteiger partial charge in [0.1, 0.15) is 18.1 Å². The van der Waals surface area contributed by atoms with Crippen LogP contribution in [-0.4, -0.2) is 24.5 Å². The first-order chi connectivity index (χ1) is 11.3. The smallest absolute Gasteiger partial charge is 0.196 e. The standard InChI is InChI=1S/C19H15NO3/c1-22-14-6-7-18-16(9-14)19(21)13(11-23-18)8-12-10-20-17-5-3-2-4-15(12)17/h2-10,20H,11H2,1H3/b13-8-. The first-order valence-electron chi connectivity index (χ1n) is 7.38. The van der Waals surface area contributed by atoms with Gasteiger partial charge in [-0.1, -0.05) is 18.2 Å². The molecule has 4 heteroatoms. The van der Waals surface area contributed by atoms with Crippen LogP contribution in [-0.2, 0) is 0 Å². The molecule has 0 spiro atoms. The van der Waals surface area contributed by atoms with Crippen LogP contribution in [0, 0.1) is 0 Å². The maximum Gasteiger partial charge on any atom is 0.196 e. The fourth-order valence-corrected chi connectivity index (χ4v) is 2.84. The Kier molecular flexibility index (Phi) is 3.15. The minimum Gasteiger partial charge on any atom is -0.497 e. The van der Waals surface area contributed by atoms with Gasteiger partial charge in [-0.05, 0) is 30.3 Å². The molecule has 4 rings (SSSR count). The van der Waals surface area contributed by atoms with Crippen molar-refractivity contribution in [2.24, 2.45) is 0 Å². The summed E-state index contributed by atoms with van der Waals surface area (Å²) in [6, 6.07) is 13.3. The number of hydrogen-bond donors (Lipinski definition) is 1. The Balaban J connectivity index is 1.77. The van der Waals surface area contributed by atoms with Crippen molar-refractivity contribution in [3.05, 3.63) is 65.4 Å². The highest BCUT2D eigenvalue weighted by Crippen LogP contribution is 2.31. The highest BCUT2D eigenvalue weighted by atomic mass is 16.5. The fraction of sp³-hybridized carbons (Fsp3) is 0.105. The number of ether oxygens (including phenoxy) is 2. The van der Waals surface area contributed by atoms with Crippen LogP contribution in [0.2, 0.25) is 0 Å². The van der Waals surface area contributed by atoms with E-state index >= 15 is 0 Å². The minimum atomic E-state index is -0.0181. The van der Waals surface area contributed by atoms with Crippen molar-refractivity contribution in [2.75, 3.05) is 13.7 Å². The number of aromatic nitrogens is 1. The highest BCUT2D eigenvalue weighted by Gasteiger charge is 2.24. The van der Waals surface area contributed by atoms with E-state index in [9.17, 15) is 4.79 Å². The summed E-state index contributed by atoms with van der Waals surface area (Å²) in [6.07, 6.45) is 3.80. The third-order valence-electron chi connectivity index (χ3n) is 4.06. The van der Waals surface area contributed by atoms with Crippen LogP contribution in [0.4, 0.5) is 0 Å². The number of carbonyl (C=O) groups excluding carboxylic acids is 1. The number of methoxy groups -OCH3 is 1. The molecule has 0 atom stereocenters. The van der Waals surface area contributed by atoms with Crippen LogP contribution >= 0.6 is 0 Å². The molecule has 0 saturated heterocycles. The molecule has 2 aromatic carbocycles. The van der Waals surface area contributed by atoms with E-state index < -0.39 is 0 Å². The molecule has 1 aliphatic rings. The Morgan fingerprint density at radius 1 is 1.22 bits per heavy atom. The van der Waals surface area contributed by atoms with Crippen molar-refractivity contribution in [1.82, 2.24) is 4.98 Å². The number of hydrogen-bond acceptors (Lipinski definition) is 3. The van der Waals surface area contributed by atoms with E-state index in [1.807, 2.05) is 36.5 Å². The topological polar surface area (TPSA) is 51.3 Å². The molecule has 23 heavy (non-hydrogen) atoms. The third-order valence-corrected chi connectivity index (χ3v) is 4.06.